The van der Waals surface area contributed by atoms with Crippen LogP contribution in [0.15, 0.2) is 0 Å². The summed E-state index contributed by atoms with van der Waals surface area (Å²) in [6.07, 6.45) is 3.36. The second-order valence-electron chi connectivity index (χ2n) is 4.58. The average Bonchev–Trinajstić information content (AvgIpc) is 2.96. The van der Waals surface area contributed by atoms with Crippen molar-refractivity contribution in [2.45, 2.75) is 31.8 Å². The van der Waals surface area contributed by atoms with E-state index in [2.05, 4.69) is 0 Å². The van der Waals surface area contributed by atoms with Crippen molar-refractivity contribution < 1.29 is 19.4 Å². The molecule has 4 nitrogen and oxygen atoms in total. The molecule has 0 aromatic heterocycles. The first kappa shape index (κ1) is 10.9. The Hall–Kier alpha value is -0.610. The number of ether oxygens (including phenoxy) is 2. The van der Waals surface area contributed by atoms with Gasteiger partial charge in [-0.1, -0.05) is 0 Å². The maximum Gasteiger partial charge on any atom is 0.312 e. The molecule has 1 aliphatic carbocycles. The van der Waals surface area contributed by atoms with Gasteiger partial charge in [0, 0.05) is 20.3 Å². The molecule has 1 aliphatic heterocycles. The van der Waals surface area contributed by atoms with Crippen LogP contribution < -0.4 is 0 Å². The van der Waals surface area contributed by atoms with Gasteiger partial charge in [-0.15, -0.1) is 0 Å². The summed E-state index contributed by atoms with van der Waals surface area (Å²) in [6, 6.07) is 0. The molecule has 1 N–H and O–H groups in total. The molecular weight excluding hydrogens is 196 g/mol. The van der Waals surface area contributed by atoms with E-state index in [-0.39, 0.29) is 6.10 Å². The van der Waals surface area contributed by atoms with Crippen molar-refractivity contribution in [3.8, 4) is 0 Å². The maximum atomic E-state index is 11.4. The van der Waals surface area contributed by atoms with Crippen LogP contribution in [0.2, 0.25) is 0 Å². The number of hydrogen-bond donors (Lipinski definition) is 1. The van der Waals surface area contributed by atoms with Gasteiger partial charge >= 0.3 is 5.97 Å². The van der Waals surface area contributed by atoms with E-state index >= 15 is 0 Å². The monoisotopic (exact) mass is 214 g/mol. The van der Waals surface area contributed by atoms with Crippen molar-refractivity contribution in [1.29, 1.82) is 0 Å². The van der Waals surface area contributed by atoms with Gasteiger partial charge < -0.3 is 14.6 Å². The highest BCUT2D eigenvalue weighted by atomic mass is 16.5. The molecule has 2 aliphatic rings. The summed E-state index contributed by atoms with van der Waals surface area (Å²) in [7, 11) is 1.61. The van der Waals surface area contributed by atoms with Gasteiger partial charge in [0.15, 0.2) is 0 Å². The molecule has 4 heteroatoms. The first-order chi connectivity index (χ1) is 7.20. The van der Waals surface area contributed by atoms with Crippen LogP contribution in [0.3, 0.4) is 0 Å². The normalized spacial score (nSPS) is 35.7. The Bertz CT molecular complexity index is 249. The van der Waals surface area contributed by atoms with Crippen LogP contribution in [0.1, 0.15) is 25.7 Å². The van der Waals surface area contributed by atoms with Crippen molar-refractivity contribution in [2.75, 3.05) is 20.3 Å². The zero-order chi connectivity index (χ0) is 10.9. The third kappa shape index (κ3) is 1.88. The molecule has 0 spiro atoms. The van der Waals surface area contributed by atoms with Crippen LogP contribution >= 0.6 is 0 Å². The molecule has 0 aromatic rings. The van der Waals surface area contributed by atoms with Crippen molar-refractivity contribution in [3.63, 3.8) is 0 Å². The molecule has 1 saturated carbocycles. The van der Waals surface area contributed by atoms with Crippen LogP contribution in [0.25, 0.3) is 0 Å². The van der Waals surface area contributed by atoms with Crippen LogP contribution in [-0.4, -0.2) is 37.5 Å². The van der Waals surface area contributed by atoms with Crippen LogP contribution in [0.4, 0.5) is 0 Å². The van der Waals surface area contributed by atoms with E-state index in [1.54, 1.807) is 7.11 Å². The predicted molar refractivity (Wildman–Crippen MR) is 53.6 cm³/mol. The number of carbonyl (C=O) groups is 1. The smallest absolute Gasteiger partial charge is 0.312 e. The van der Waals surface area contributed by atoms with E-state index in [0.717, 1.165) is 12.8 Å². The first-order valence-corrected chi connectivity index (χ1v) is 5.54. The molecule has 2 fully saturated rings. The minimum absolute atomic E-state index is 0.0786. The van der Waals surface area contributed by atoms with E-state index in [1.807, 2.05) is 0 Å². The third-order valence-electron chi connectivity index (χ3n) is 3.62. The fourth-order valence-corrected chi connectivity index (χ4v) is 2.54. The molecule has 15 heavy (non-hydrogen) atoms. The predicted octanol–water partition coefficient (Wildman–Crippen LogP) is 1.29. The number of aliphatic carboxylic acids is 1. The number of methoxy groups -OCH3 is 1. The fourth-order valence-electron chi connectivity index (χ4n) is 2.54. The summed E-state index contributed by atoms with van der Waals surface area (Å²) in [4.78, 5) is 11.4. The first-order valence-electron chi connectivity index (χ1n) is 5.54. The number of carboxylic acid groups (broad SMARTS) is 1. The van der Waals surface area contributed by atoms with Gasteiger partial charge in [-0.3, -0.25) is 4.79 Å². The fraction of sp³-hybridized carbons (Fsp3) is 0.909. The van der Waals surface area contributed by atoms with E-state index in [9.17, 15) is 9.90 Å². The molecule has 2 rings (SSSR count). The second-order valence-corrected chi connectivity index (χ2v) is 4.58. The number of rotatable bonds is 5. The van der Waals surface area contributed by atoms with Crippen LogP contribution in [0.5, 0.6) is 0 Å². The van der Waals surface area contributed by atoms with Crippen LogP contribution in [-0.2, 0) is 14.3 Å². The summed E-state index contributed by atoms with van der Waals surface area (Å²) in [5.74, 6) is -0.241. The highest BCUT2D eigenvalue weighted by molar-refractivity contribution is 5.76. The largest absolute Gasteiger partial charge is 0.481 e. The zero-order valence-electron chi connectivity index (χ0n) is 9.07. The van der Waals surface area contributed by atoms with Crippen LogP contribution in [0, 0.1) is 11.3 Å². The average molecular weight is 214 g/mol. The molecule has 0 bridgehead atoms. The summed E-state index contributed by atoms with van der Waals surface area (Å²) >= 11 is 0. The van der Waals surface area contributed by atoms with Gasteiger partial charge in [-0.05, 0) is 31.6 Å². The molecule has 0 aromatic carbocycles. The Kier molecular flexibility index (Phi) is 2.98. The number of hydrogen-bond acceptors (Lipinski definition) is 3. The topological polar surface area (TPSA) is 55.8 Å². The van der Waals surface area contributed by atoms with Gasteiger partial charge in [0.1, 0.15) is 0 Å². The molecular formula is C11H18O4. The highest BCUT2D eigenvalue weighted by Gasteiger charge is 2.55. The second kappa shape index (κ2) is 4.10. The molecule has 0 radical (unpaired) electrons. The minimum Gasteiger partial charge on any atom is -0.481 e. The van der Waals surface area contributed by atoms with Gasteiger partial charge in [0.2, 0.25) is 0 Å². The van der Waals surface area contributed by atoms with Crippen molar-refractivity contribution in [2.24, 2.45) is 11.3 Å². The highest BCUT2D eigenvalue weighted by Crippen LogP contribution is 2.49. The molecule has 2 atom stereocenters. The summed E-state index contributed by atoms with van der Waals surface area (Å²) in [5, 5.41) is 9.40. The lowest BCUT2D eigenvalue weighted by molar-refractivity contribution is -0.154. The van der Waals surface area contributed by atoms with E-state index in [0.29, 0.717) is 32.0 Å². The van der Waals surface area contributed by atoms with Gasteiger partial charge in [-0.25, -0.2) is 0 Å². The van der Waals surface area contributed by atoms with Gasteiger partial charge in [-0.2, -0.15) is 0 Å². The molecule has 2 unspecified atom stereocenters. The quantitative estimate of drug-likeness (QED) is 0.749. The summed E-state index contributed by atoms with van der Waals surface area (Å²) < 4.78 is 10.6. The lowest BCUT2D eigenvalue weighted by Gasteiger charge is -2.29. The Morgan fingerprint density at radius 2 is 2.33 bits per heavy atom. The number of carboxylic acids is 1. The third-order valence-corrected chi connectivity index (χ3v) is 3.62. The Morgan fingerprint density at radius 1 is 1.60 bits per heavy atom. The molecule has 86 valence electrons. The van der Waals surface area contributed by atoms with Crippen molar-refractivity contribution >= 4 is 5.97 Å². The van der Waals surface area contributed by atoms with Gasteiger partial charge in [0.05, 0.1) is 11.5 Å². The molecule has 1 saturated heterocycles. The van der Waals surface area contributed by atoms with Crippen molar-refractivity contribution in [1.82, 2.24) is 0 Å². The molecule has 1 heterocycles. The summed E-state index contributed by atoms with van der Waals surface area (Å²) in [5.41, 5.74) is -0.683. The zero-order valence-corrected chi connectivity index (χ0v) is 9.07. The van der Waals surface area contributed by atoms with E-state index in [1.165, 1.54) is 0 Å². The Labute approximate surface area is 89.6 Å². The van der Waals surface area contributed by atoms with Crippen molar-refractivity contribution in [3.05, 3.63) is 0 Å². The SMILES string of the molecule is COCCC1(C(=O)O)CCOC1C1CC1. The summed E-state index contributed by atoms with van der Waals surface area (Å²) in [6.45, 7) is 1.08. The lowest BCUT2D eigenvalue weighted by Crippen LogP contribution is -2.41. The van der Waals surface area contributed by atoms with E-state index in [4.69, 9.17) is 9.47 Å². The maximum absolute atomic E-state index is 11.4. The Morgan fingerprint density at radius 3 is 2.87 bits per heavy atom. The van der Waals surface area contributed by atoms with Gasteiger partial charge in [0.25, 0.3) is 0 Å². The minimum atomic E-state index is -0.714. The standard InChI is InChI=1S/C11H18O4/c1-14-6-4-11(10(12)13)5-7-15-9(11)8-2-3-8/h8-9H,2-7H2,1H3,(H,12,13). The van der Waals surface area contributed by atoms with E-state index < -0.39 is 11.4 Å². The Balaban J connectivity index is 2.11. The molecule has 0 amide bonds. The lowest BCUT2D eigenvalue weighted by atomic mass is 9.76.